The Bertz CT molecular complexity index is 511. The maximum absolute atomic E-state index is 5.71. The Labute approximate surface area is 95.7 Å². The van der Waals surface area contributed by atoms with Gasteiger partial charge < -0.3 is 4.74 Å². The SMILES string of the molecule is Cc1ccc(-c2cccc3c2OCC3)cc1. The highest BCUT2D eigenvalue weighted by Crippen LogP contribution is 2.36. The largest absolute Gasteiger partial charge is 0.492 e. The molecule has 2 aromatic rings. The van der Waals surface area contributed by atoms with Crippen LogP contribution in [0.15, 0.2) is 42.5 Å². The molecule has 0 saturated carbocycles. The Kier molecular flexibility index (Phi) is 2.17. The fourth-order valence-corrected chi connectivity index (χ4v) is 2.18. The number of fused-ring (bicyclic) bond motifs is 1. The third-order valence-corrected chi connectivity index (χ3v) is 3.08. The van der Waals surface area contributed by atoms with Crippen LogP contribution in [0.1, 0.15) is 11.1 Å². The molecule has 1 aliphatic heterocycles. The van der Waals surface area contributed by atoms with Crippen LogP contribution in [-0.2, 0) is 6.42 Å². The van der Waals surface area contributed by atoms with Gasteiger partial charge in [0.15, 0.2) is 0 Å². The van der Waals surface area contributed by atoms with Gasteiger partial charge in [-0.15, -0.1) is 0 Å². The molecule has 0 spiro atoms. The van der Waals surface area contributed by atoms with Gasteiger partial charge in [0, 0.05) is 12.0 Å². The van der Waals surface area contributed by atoms with Crippen molar-refractivity contribution in [1.29, 1.82) is 0 Å². The second-order valence-corrected chi connectivity index (χ2v) is 4.26. The van der Waals surface area contributed by atoms with E-state index in [9.17, 15) is 0 Å². The van der Waals surface area contributed by atoms with Crippen LogP contribution < -0.4 is 4.74 Å². The summed E-state index contributed by atoms with van der Waals surface area (Å²) >= 11 is 0. The predicted molar refractivity (Wildman–Crippen MR) is 65.8 cm³/mol. The van der Waals surface area contributed by atoms with E-state index >= 15 is 0 Å². The van der Waals surface area contributed by atoms with Gasteiger partial charge >= 0.3 is 0 Å². The van der Waals surface area contributed by atoms with E-state index in [1.54, 1.807) is 0 Å². The maximum Gasteiger partial charge on any atom is 0.130 e. The van der Waals surface area contributed by atoms with E-state index in [0.29, 0.717) is 0 Å². The average molecular weight is 210 g/mol. The van der Waals surface area contributed by atoms with Crippen LogP contribution in [0.4, 0.5) is 0 Å². The minimum absolute atomic E-state index is 0.818. The molecular weight excluding hydrogens is 196 g/mol. The van der Waals surface area contributed by atoms with E-state index in [2.05, 4.69) is 49.4 Å². The van der Waals surface area contributed by atoms with Gasteiger partial charge in [0.25, 0.3) is 0 Å². The molecular formula is C15H14O. The summed E-state index contributed by atoms with van der Waals surface area (Å²) in [6.45, 7) is 2.92. The summed E-state index contributed by atoms with van der Waals surface area (Å²) in [7, 11) is 0. The molecule has 0 radical (unpaired) electrons. The Morgan fingerprint density at radius 1 is 1.00 bits per heavy atom. The first-order valence-electron chi connectivity index (χ1n) is 5.66. The fraction of sp³-hybridized carbons (Fsp3) is 0.200. The molecule has 0 aromatic heterocycles. The van der Waals surface area contributed by atoms with Gasteiger partial charge in [0.2, 0.25) is 0 Å². The van der Waals surface area contributed by atoms with Gasteiger partial charge in [0.05, 0.1) is 6.61 Å². The van der Waals surface area contributed by atoms with E-state index in [1.807, 2.05) is 0 Å². The third-order valence-electron chi connectivity index (χ3n) is 3.08. The highest BCUT2D eigenvalue weighted by molar-refractivity contribution is 5.73. The summed E-state index contributed by atoms with van der Waals surface area (Å²) in [5.41, 5.74) is 5.08. The number of rotatable bonds is 1. The van der Waals surface area contributed by atoms with Gasteiger partial charge in [-0.05, 0) is 18.1 Å². The van der Waals surface area contributed by atoms with Crippen molar-refractivity contribution in [3.05, 3.63) is 53.6 Å². The number of hydrogen-bond donors (Lipinski definition) is 0. The van der Waals surface area contributed by atoms with Gasteiger partial charge in [-0.3, -0.25) is 0 Å². The Morgan fingerprint density at radius 3 is 2.62 bits per heavy atom. The third kappa shape index (κ3) is 1.49. The molecule has 2 aromatic carbocycles. The van der Waals surface area contributed by atoms with E-state index < -0.39 is 0 Å². The van der Waals surface area contributed by atoms with E-state index in [0.717, 1.165) is 18.8 Å². The first-order chi connectivity index (χ1) is 7.84. The quantitative estimate of drug-likeness (QED) is 0.698. The Hall–Kier alpha value is -1.76. The van der Waals surface area contributed by atoms with Crippen LogP contribution in [0.2, 0.25) is 0 Å². The van der Waals surface area contributed by atoms with Gasteiger partial charge in [0.1, 0.15) is 5.75 Å². The first kappa shape index (κ1) is 9.46. The van der Waals surface area contributed by atoms with E-state index in [1.165, 1.54) is 22.3 Å². The van der Waals surface area contributed by atoms with Crippen LogP contribution in [0, 0.1) is 6.92 Å². The highest BCUT2D eigenvalue weighted by Gasteiger charge is 2.16. The number of benzene rings is 2. The summed E-state index contributed by atoms with van der Waals surface area (Å²) in [5, 5.41) is 0. The smallest absolute Gasteiger partial charge is 0.130 e. The second kappa shape index (κ2) is 3.67. The standard InChI is InChI=1S/C15H14O/c1-11-5-7-12(8-6-11)14-4-2-3-13-9-10-16-15(13)14/h2-8H,9-10H2,1H3. The molecule has 1 heteroatoms. The van der Waals surface area contributed by atoms with Crippen molar-refractivity contribution in [3.8, 4) is 16.9 Å². The lowest BCUT2D eigenvalue weighted by Crippen LogP contribution is -1.88. The summed E-state index contributed by atoms with van der Waals surface area (Å²) in [4.78, 5) is 0. The monoisotopic (exact) mass is 210 g/mol. The zero-order chi connectivity index (χ0) is 11.0. The molecule has 0 aliphatic carbocycles. The molecule has 16 heavy (non-hydrogen) atoms. The van der Waals surface area contributed by atoms with Gasteiger partial charge in [-0.2, -0.15) is 0 Å². The van der Waals surface area contributed by atoms with Crippen LogP contribution in [0.5, 0.6) is 5.75 Å². The molecule has 3 rings (SSSR count). The number of ether oxygens (including phenoxy) is 1. The lowest BCUT2D eigenvalue weighted by atomic mass is 10.0. The number of aryl methyl sites for hydroxylation is 1. The summed E-state index contributed by atoms with van der Waals surface area (Å²) in [6, 6.07) is 15.0. The van der Waals surface area contributed by atoms with Crippen molar-refractivity contribution in [2.75, 3.05) is 6.61 Å². The zero-order valence-electron chi connectivity index (χ0n) is 9.36. The number of hydrogen-bond acceptors (Lipinski definition) is 1. The average Bonchev–Trinajstić information content (AvgIpc) is 2.78. The zero-order valence-corrected chi connectivity index (χ0v) is 9.36. The van der Waals surface area contributed by atoms with Crippen molar-refractivity contribution >= 4 is 0 Å². The molecule has 0 saturated heterocycles. The van der Waals surface area contributed by atoms with Gasteiger partial charge in [-0.1, -0.05) is 48.0 Å². The van der Waals surface area contributed by atoms with Crippen molar-refractivity contribution in [2.45, 2.75) is 13.3 Å². The van der Waals surface area contributed by atoms with Crippen molar-refractivity contribution < 1.29 is 4.74 Å². The minimum atomic E-state index is 0.818. The normalized spacial score (nSPS) is 13.3. The Balaban J connectivity index is 2.13. The minimum Gasteiger partial charge on any atom is -0.492 e. The molecule has 0 atom stereocenters. The number of para-hydroxylation sites is 1. The summed E-state index contributed by atoms with van der Waals surface area (Å²) in [6.07, 6.45) is 1.04. The predicted octanol–water partition coefficient (Wildman–Crippen LogP) is 3.60. The Morgan fingerprint density at radius 2 is 1.81 bits per heavy atom. The molecule has 0 bridgehead atoms. The van der Waals surface area contributed by atoms with Crippen molar-refractivity contribution in [2.24, 2.45) is 0 Å². The molecule has 1 aliphatic rings. The topological polar surface area (TPSA) is 9.23 Å². The van der Waals surface area contributed by atoms with Crippen LogP contribution in [0.3, 0.4) is 0 Å². The van der Waals surface area contributed by atoms with Crippen LogP contribution in [0.25, 0.3) is 11.1 Å². The van der Waals surface area contributed by atoms with E-state index in [-0.39, 0.29) is 0 Å². The molecule has 0 N–H and O–H groups in total. The molecule has 1 heterocycles. The van der Waals surface area contributed by atoms with Crippen LogP contribution in [-0.4, -0.2) is 6.61 Å². The fourth-order valence-electron chi connectivity index (χ4n) is 2.18. The second-order valence-electron chi connectivity index (χ2n) is 4.26. The molecule has 0 fully saturated rings. The molecule has 0 unspecified atom stereocenters. The van der Waals surface area contributed by atoms with Crippen molar-refractivity contribution in [1.82, 2.24) is 0 Å². The van der Waals surface area contributed by atoms with Crippen LogP contribution >= 0.6 is 0 Å². The maximum atomic E-state index is 5.71. The molecule has 80 valence electrons. The lowest BCUT2D eigenvalue weighted by molar-refractivity contribution is 0.358. The summed E-state index contributed by atoms with van der Waals surface area (Å²) in [5.74, 6) is 1.08. The van der Waals surface area contributed by atoms with Crippen molar-refractivity contribution in [3.63, 3.8) is 0 Å². The summed E-state index contributed by atoms with van der Waals surface area (Å²) < 4.78 is 5.71. The van der Waals surface area contributed by atoms with E-state index in [4.69, 9.17) is 4.74 Å². The lowest BCUT2D eigenvalue weighted by Gasteiger charge is -2.08. The molecule has 1 nitrogen and oxygen atoms in total. The molecule has 0 amide bonds. The highest BCUT2D eigenvalue weighted by atomic mass is 16.5. The first-order valence-corrected chi connectivity index (χ1v) is 5.66. The van der Waals surface area contributed by atoms with Gasteiger partial charge in [-0.25, -0.2) is 0 Å².